The standard InChI is InChI=1S/C15H28O3/c1-6-13(7-2)14(17)18-15(4,5)11-9-8-10-12(3)16/h13H,6-11H2,1-5H3. The highest BCUT2D eigenvalue weighted by atomic mass is 16.6. The first-order valence-electron chi connectivity index (χ1n) is 7.04. The summed E-state index contributed by atoms with van der Waals surface area (Å²) in [7, 11) is 0. The van der Waals surface area contributed by atoms with E-state index in [-0.39, 0.29) is 17.7 Å². The molecule has 0 atom stereocenters. The Bertz CT molecular complexity index is 265. The summed E-state index contributed by atoms with van der Waals surface area (Å²) in [5, 5.41) is 0. The second kappa shape index (κ2) is 8.28. The first-order chi connectivity index (χ1) is 8.32. The van der Waals surface area contributed by atoms with Gasteiger partial charge in [0.2, 0.25) is 0 Å². The number of Topliss-reactive ketones (excluding diaryl/α,β-unsaturated/α-hetero) is 1. The maximum atomic E-state index is 11.9. The third-order valence-electron chi connectivity index (χ3n) is 3.25. The summed E-state index contributed by atoms with van der Waals surface area (Å²) in [6.07, 6.45) is 4.89. The molecular weight excluding hydrogens is 228 g/mol. The Morgan fingerprint density at radius 2 is 1.67 bits per heavy atom. The molecule has 0 spiro atoms. The summed E-state index contributed by atoms with van der Waals surface area (Å²) < 4.78 is 5.56. The number of ether oxygens (including phenoxy) is 1. The van der Waals surface area contributed by atoms with E-state index in [1.165, 1.54) is 0 Å². The SMILES string of the molecule is CCC(CC)C(=O)OC(C)(C)CCCCC(C)=O. The minimum absolute atomic E-state index is 0.0153. The zero-order valence-electron chi connectivity index (χ0n) is 12.5. The van der Waals surface area contributed by atoms with Crippen LogP contribution >= 0.6 is 0 Å². The summed E-state index contributed by atoms with van der Waals surface area (Å²) in [5.41, 5.74) is -0.420. The largest absolute Gasteiger partial charge is 0.459 e. The molecule has 0 heterocycles. The second-order valence-electron chi connectivity index (χ2n) is 5.60. The first-order valence-corrected chi connectivity index (χ1v) is 7.04. The molecule has 0 aromatic rings. The van der Waals surface area contributed by atoms with Gasteiger partial charge in [0.25, 0.3) is 0 Å². The molecule has 0 aromatic carbocycles. The Morgan fingerprint density at radius 1 is 1.11 bits per heavy atom. The van der Waals surface area contributed by atoms with Crippen molar-refractivity contribution in [1.29, 1.82) is 0 Å². The molecule has 0 amide bonds. The topological polar surface area (TPSA) is 43.4 Å². The Kier molecular flexibility index (Phi) is 7.88. The number of carbonyl (C=O) groups excluding carboxylic acids is 2. The van der Waals surface area contributed by atoms with Gasteiger partial charge in [-0.3, -0.25) is 4.79 Å². The molecule has 3 heteroatoms. The molecule has 0 aliphatic rings. The summed E-state index contributed by atoms with van der Waals surface area (Å²) in [6.45, 7) is 9.52. The summed E-state index contributed by atoms with van der Waals surface area (Å²) in [4.78, 5) is 22.7. The zero-order chi connectivity index (χ0) is 14.2. The molecule has 0 fully saturated rings. The van der Waals surface area contributed by atoms with Crippen molar-refractivity contribution in [3.63, 3.8) is 0 Å². The minimum Gasteiger partial charge on any atom is -0.459 e. The number of carbonyl (C=O) groups is 2. The Balaban J connectivity index is 4.05. The lowest BCUT2D eigenvalue weighted by Crippen LogP contribution is -2.31. The zero-order valence-corrected chi connectivity index (χ0v) is 12.5. The van der Waals surface area contributed by atoms with E-state index in [1.807, 2.05) is 27.7 Å². The molecule has 0 rings (SSSR count). The molecule has 0 aliphatic carbocycles. The van der Waals surface area contributed by atoms with Crippen LogP contribution in [0.25, 0.3) is 0 Å². The molecular formula is C15H28O3. The van der Waals surface area contributed by atoms with E-state index in [2.05, 4.69) is 0 Å². The van der Waals surface area contributed by atoms with Crippen LogP contribution in [-0.2, 0) is 14.3 Å². The van der Waals surface area contributed by atoms with Crippen molar-refractivity contribution in [2.45, 2.75) is 78.7 Å². The van der Waals surface area contributed by atoms with Crippen LogP contribution in [0.1, 0.15) is 73.1 Å². The smallest absolute Gasteiger partial charge is 0.309 e. The molecule has 18 heavy (non-hydrogen) atoms. The van der Waals surface area contributed by atoms with Crippen LogP contribution in [0.2, 0.25) is 0 Å². The van der Waals surface area contributed by atoms with Gasteiger partial charge in [-0.2, -0.15) is 0 Å². The number of unbranched alkanes of at least 4 members (excludes halogenated alkanes) is 1. The molecule has 0 N–H and O–H groups in total. The average Bonchev–Trinajstić information content (AvgIpc) is 2.25. The van der Waals surface area contributed by atoms with Gasteiger partial charge in [-0.25, -0.2) is 0 Å². The van der Waals surface area contributed by atoms with Crippen molar-refractivity contribution in [2.75, 3.05) is 0 Å². The maximum Gasteiger partial charge on any atom is 0.309 e. The van der Waals surface area contributed by atoms with Gasteiger partial charge in [-0.15, -0.1) is 0 Å². The van der Waals surface area contributed by atoms with E-state index < -0.39 is 5.60 Å². The van der Waals surface area contributed by atoms with Gasteiger partial charge in [-0.1, -0.05) is 13.8 Å². The fourth-order valence-electron chi connectivity index (χ4n) is 1.95. The molecule has 0 bridgehead atoms. The predicted molar refractivity (Wildman–Crippen MR) is 73.4 cm³/mol. The number of ketones is 1. The predicted octanol–water partition coefficient (Wildman–Crippen LogP) is 3.89. The minimum atomic E-state index is -0.420. The summed E-state index contributed by atoms with van der Waals surface area (Å²) in [6, 6.07) is 0. The molecule has 0 saturated carbocycles. The first kappa shape index (κ1) is 17.1. The van der Waals surface area contributed by atoms with Crippen LogP contribution < -0.4 is 0 Å². The van der Waals surface area contributed by atoms with Gasteiger partial charge in [0.05, 0.1) is 5.92 Å². The lowest BCUT2D eigenvalue weighted by molar-refractivity contribution is -0.162. The van der Waals surface area contributed by atoms with E-state index >= 15 is 0 Å². The Hall–Kier alpha value is -0.860. The van der Waals surface area contributed by atoms with Crippen LogP contribution in [0, 0.1) is 5.92 Å². The Morgan fingerprint density at radius 3 is 2.11 bits per heavy atom. The van der Waals surface area contributed by atoms with Gasteiger partial charge < -0.3 is 9.53 Å². The van der Waals surface area contributed by atoms with Crippen LogP contribution in [0.3, 0.4) is 0 Å². The van der Waals surface area contributed by atoms with Gasteiger partial charge in [0, 0.05) is 6.42 Å². The molecule has 0 saturated heterocycles. The van der Waals surface area contributed by atoms with Crippen LogP contribution in [0.15, 0.2) is 0 Å². The maximum absolute atomic E-state index is 11.9. The van der Waals surface area contributed by atoms with Gasteiger partial charge in [0.15, 0.2) is 0 Å². The molecule has 0 aliphatic heterocycles. The van der Waals surface area contributed by atoms with Crippen molar-refractivity contribution in [2.24, 2.45) is 5.92 Å². The second-order valence-corrected chi connectivity index (χ2v) is 5.60. The highest BCUT2D eigenvalue weighted by Crippen LogP contribution is 2.22. The number of rotatable bonds is 9. The lowest BCUT2D eigenvalue weighted by atomic mass is 9.98. The van der Waals surface area contributed by atoms with Gasteiger partial charge >= 0.3 is 5.97 Å². The highest BCUT2D eigenvalue weighted by Gasteiger charge is 2.26. The summed E-state index contributed by atoms with van der Waals surface area (Å²) >= 11 is 0. The molecule has 3 nitrogen and oxygen atoms in total. The molecule has 0 unspecified atom stereocenters. The quantitative estimate of drug-likeness (QED) is 0.464. The third kappa shape index (κ3) is 7.46. The van der Waals surface area contributed by atoms with E-state index in [1.54, 1.807) is 6.92 Å². The van der Waals surface area contributed by atoms with Crippen molar-refractivity contribution < 1.29 is 14.3 Å². The normalized spacial score (nSPS) is 11.7. The van der Waals surface area contributed by atoms with Crippen LogP contribution in [-0.4, -0.2) is 17.4 Å². The monoisotopic (exact) mass is 256 g/mol. The summed E-state index contributed by atoms with van der Waals surface area (Å²) in [5.74, 6) is 0.153. The number of esters is 1. The van der Waals surface area contributed by atoms with Crippen molar-refractivity contribution in [1.82, 2.24) is 0 Å². The number of hydrogen-bond donors (Lipinski definition) is 0. The third-order valence-corrected chi connectivity index (χ3v) is 3.25. The van der Waals surface area contributed by atoms with Gasteiger partial charge in [-0.05, 0) is 52.9 Å². The fraction of sp³-hybridized carbons (Fsp3) is 0.867. The average molecular weight is 256 g/mol. The molecule has 0 radical (unpaired) electrons. The fourth-order valence-corrected chi connectivity index (χ4v) is 1.95. The molecule has 0 aromatic heterocycles. The number of hydrogen-bond acceptors (Lipinski definition) is 3. The van der Waals surface area contributed by atoms with Gasteiger partial charge in [0.1, 0.15) is 11.4 Å². The van der Waals surface area contributed by atoms with E-state index in [4.69, 9.17) is 4.74 Å². The molecule has 106 valence electrons. The van der Waals surface area contributed by atoms with E-state index in [0.717, 1.165) is 32.1 Å². The lowest BCUT2D eigenvalue weighted by Gasteiger charge is -2.27. The van der Waals surface area contributed by atoms with E-state index in [9.17, 15) is 9.59 Å². The van der Waals surface area contributed by atoms with Crippen LogP contribution in [0.5, 0.6) is 0 Å². The van der Waals surface area contributed by atoms with Crippen molar-refractivity contribution in [3.05, 3.63) is 0 Å². The van der Waals surface area contributed by atoms with E-state index in [0.29, 0.717) is 6.42 Å². The van der Waals surface area contributed by atoms with Crippen LogP contribution in [0.4, 0.5) is 0 Å². The van der Waals surface area contributed by atoms with Crippen molar-refractivity contribution in [3.8, 4) is 0 Å². The highest BCUT2D eigenvalue weighted by molar-refractivity contribution is 5.75. The van der Waals surface area contributed by atoms with Crippen molar-refractivity contribution >= 4 is 11.8 Å². The Labute approximate surface area is 111 Å².